The second kappa shape index (κ2) is 6.77. The molecule has 2 aromatic carbocycles. The summed E-state index contributed by atoms with van der Waals surface area (Å²) in [5, 5.41) is 7.47. The van der Waals surface area contributed by atoms with E-state index < -0.39 is 11.3 Å². The van der Waals surface area contributed by atoms with Gasteiger partial charge in [-0.15, -0.1) is 0 Å². The lowest BCUT2D eigenvalue weighted by atomic mass is 10.1. The number of rotatable bonds is 3. The number of halogens is 1. The molecule has 0 aliphatic rings. The Morgan fingerprint density at radius 1 is 1.11 bits per heavy atom. The minimum Gasteiger partial charge on any atom is -0.345 e. The van der Waals surface area contributed by atoms with E-state index in [9.17, 15) is 14.0 Å². The topological polar surface area (TPSA) is 79.8 Å². The van der Waals surface area contributed by atoms with Crippen LogP contribution < -0.4 is 10.7 Å². The summed E-state index contributed by atoms with van der Waals surface area (Å²) in [5.74, 6) is -0.855. The molecule has 2 heterocycles. The van der Waals surface area contributed by atoms with Gasteiger partial charge in [-0.25, -0.2) is 9.07 Å². The Balaban J connectivity index is 1.78. The van der Waals surface area contributed by atoms with Crippen molar-refractivity contribution in [3.8, 4) is 5.69 Å². The van der Waals surface area contributed by atoms with Gasteiger partial charge in [-0.05, 0) is 49.7 Å². The average Bonchev–Trinajstić information content (AvgIpc) is 3.02. The van der Waals surface area contributed by atoms with E-state index in [1.54, 1.807) is 25.1 Å². The molecule has 4 aromatic rings. The molecule has 0 atom stereocenters. The highest BCUT2D eigenvalue weighted by Crippen LogP contribution is 2.19. The Morgan fingerprint density at radius 2 is 1.82 bits per heavy atom. The lowest BCUT2D eigenvalue weighted by molar-refractivity contribution is 0.102. The highest BCUT2D eigenvalue weighted by Gasteiger charge is 2.19. The van der Waals surface area contributed by atoms with E-state index in [4.69, 9.17) is 0 Å². The van der Waals surface area contributed by atoms with Crippen LogP contribution in [0, 0.1) is 19.7 Å². The number of nitrogens with zero attached hydrogens (tertiary/aromatic N) is 2. The number of pyridine rings is 1. The van der Waals surface area contributed by atoms with Crippen molar-refractivity contribution in [1.29, 1.82) is 0 Å². The highest BCUT2D eigenvalue weighted by atomic mass is 19.1. The van der Waals surface area contributed by atoms with Crippen molar-refractivity contribution in [2.24, 2.45) is 0 Å². The van der Waals surface area contributed by atoms with Crippen molar-refractivity contribution >= 4 is 22.6 Å². The molecule has 0 fully saturated rings. The van der Waals surface area contributed by atoms with Crippen molar-refractivity contribution < 1.29 is 9.18 Å². The van der Waals surface area contributed by atoms with Crippen molar-refractivity contribution in [3.05, 3.63) is 87.6 Å². The van der Waals surface area contributed by atoms with Gasteiger partial charge >= 0.3 is 0 Å². The van der Waals surface area contributed by atoms with Gasteiger partial charge in [0.2, 0.25) is 5.43 Å². The molecular formula is C21H17FN4O2. The van der Waals surface area contributed by atoms with Gasteiger partial charge in [-0.3, -0.25) is 9.59 Å². The molecule has 140 valence electrons. The largest absolute Gasteiger partial charge is 0.345 e. The van der Waals surface area contributed by atoms with E-state index in [0.29, 0.717) is 28.1 Å². The molecule has 2 aromatic heterocycles. The van der Waals surface area contributed by atoms with Gasteiger partial charge in [-0.1, -0.05) is 18.2 Å². The zero-order valence-corrected chi connectivity index (χ0v) is 15.3. The molecule has 7 heteroatoms. The fraction of sp³-hybridized carbons (Fsp3) is 0.0952. The van der Waals surface area contributed by atoms with E-state index >= 15 is 0 Å². The van der Waals surface area contributed by atoms with Crippen LogP contribution in [0.5, 0.6) is 0 Å². The SMILES string of the molecule is Cc1ccccc1NC(=O)c1c[nH]c2c(c(C)nn2-c2ccc(F)cc2)c1=O. The second-order valence-corrected chi connectivity index (χ2v) is 6.50. The lowest BCUT2D eigenvalue weighted by Gasteiger charge is -2.08. The average molecular weight is 376 g/mol. The Morgan fingerprint density at radius 3 is 2.54 bits per heavy atom. The molecule has 0 aliphatic carbocycles. The fourth-order valence-corrected chi connectivity index (χ4v) is 3.11. The van der Waals surface area contributed by atoms with Gasteiger partial charge in [0, 0.05) is 11.9 Å². The summed E-state index contributed by atoms with van der Waals surface area (Å²) < 4.78 is 14.7. The number of hydrogen-bond donors (Lipinski definition) is 2. The first-order valence-electron chi connectivity index (χ1n) is 8.69. The van der Waals surface area contributed by atoms with Gasteiger partial charge < -0.3 is 10.3 Å². The zero-order chi connectivity index (χ0) is 19.8. The molecule has 0 radical (unpaired) electrons. The van der Waals surface area contributed by atoms with Crippen LogP contribution in [0.1, 0.15) is 21.6 Å². The van der Waals surface area contributed by atoms with Crippen LogP contribution in [0.4, 0.5) is 10.1 Å². The van der Waals surface area contributed by atoms with Gasteiger partial charge in [0.1, 0.15) is 17.0 Å². The second-order valence-electron chi connectivity index (χ2n) is 6.50. The number of aryl methyl sites for hydroxylation is 2. The fourth-order valence-electron chi connectivity index (χ4n) is 3.11. The van der Waals surface area contributed by atoms with E-state index in [0.717, 1.165) is 5.56 Å². The number of fused-ring (bicyclic) bond motifs is 1. The number of anilines is 1. The monoisotopic (exact) mass is 376 g/mol. The number of benzene rings is 2. The Kier molecular flexibility index (Phi) is 4.27. The van der Waals surface area contributed by atoms with Gasteiger partial charge in [0.25, 0.3) is 5.91 Å². The summed E-state index contributed by atoms with van der Waals surface area (Å²) in [6.07, 6.45) is 1.37. The van der Waals surface area contributed by atoms with Crippen molar-refractivity contribution in [3.63, 3.8) is 0 Å². The van der Waals surface area contributed by atoms with E-state index in [1.165, 1.54) is 23.0 Å². The summed E-state index contributed by atoms with van der Waals surface area (Å²) in [5.41, 5.74) is 2.66. The molecule has 0 spiro atoms. The summed E-state index contributed by atoms with van der Waals surface area (Å²) in [4.78, 5) is 28.6. The first kappa shape index (κ1) is 17.7. The van der Waals surface area contributed by atoms with Gasteiger partial charge in [0.15, 0.2) is 0 Å². The third kappa shape index (κ3) is 2.96. The van der Waals surface area contributed by atoms with Crippen molar-refractivity contribution in [2.45, 2.75) is 13.8 Å². The molecule has 4 rings (SSSR count). The lowest BCUT2D eigenvalue weighted by Crippen LogP contribution is -2.22. The molecule has 0 saturated carbocycles. The number of para-hydroxylation sites is 1. The number of aromatic amines is 1. The van der Waals surface area contributed by atoms with Crippen LogP contribution in [0.25, 0.3) is 16.7 Å². The molecular weight excluding hydrogens is 359 g/mol. The number of carbonyl (C=O) groups excluding carboxylic acids is 1. The smallest absolute Gasteiger partial charge is 0.261 e. The maximum atomic E-state index is 13.2. The summed E-state index contributed by atoms with van der Waals surface area (Å²) >= 11 is 0. The Bertz CT molecular complexity index is 1260. The highest BCUT2D eigenvalue weighted by molar-refractivity contribution is 6.06. The molecule has 2 N–H and O–H groups in total. The maximum Gasteiger partial charge on any atom is 0.261 e. The van der Waals surface area contributed by atoms with Crippen LogP contribution >= 0.6 is 0 Å². The van der Waals surface area contributed by atoms with E-state index in [2.05, 4.69) is 15.4 Å². The van der Waals surface area contributed by atoms with Crippen LogP contribution in [0.2, 0.25) is 0 Å². The van der Waals surface area contributed by atoms with Crippen LogP contribution in [-0.2, 0) is 0 Å². The normalized spacial score (nSPS) is 11.0. The van der Waals surface area contributed by atoms with E-state index in [-0.39, 0.29) is 11.4 Å². The van der Waals surface area contributed by atoms with Crippen LogP contribution in [0.3, 0.4) is 0 Å². The van der Waals surface area contributed by atoms with Crippen LogP contribution in [0.15, 0.2) is 59.5 Å². The summed E-state index contributed by atoms with van der Waals surface area (Å²) in [6, 6.07) is 13.1. The molecule has 0 aliphatic heterocycles. The number of carbonyl (C=O) groups is 1. The summed E-state index contributed by atoms with van der Waals surface area (Å²) in [6.45, 7) is 3.57. The third-order valence-corrected chi connectivity index (χ3v) is 4.59. The van der Waals surface area contributed by atoms with Crippen molar-refractivity contribution in [2.75, 3.05) is 5.32 Å². The number of H-pyrrole nitrogens is 1. The molecule has 1 amide bonds. The number of hydrogen-bond acceptors (Lipinski definition) is 3. The first-order valence-corrected chi connectivity index (χ1v) is 8.69. The van der Waals surface area contributed by atoms with E-state index in [1.807, 2.05) is 25.1 Å². The number of nitrogens with one attached hydrogen (secondary N) is 2. The van der Waals surface area contributed by atoms with Crippen molar-refractivity contribution in [1.82, 2.24) is 14.8 Å². The molecule has 28 heavy (non-hydrogen) atoms. The predicted molar refractivity (Wildman–Crippen MR) is 106 cm³/mol. The maximum absolute atomic E-state index is 13.2. The quantitative estimate of drug-likeness (QED) is 0.572. The zero-order valence-electron chi connectivity index (χ0n) is 15.3. The number of amides is 1. The summed E-state index contributed by atoms with van der Waals surface area (Å²) in [7, 11) is 0. The Labute approximate surface area is 159 Å². The molecule has 0 saturated heterocycles. The Hall–Kier alpha value is -3.74. The van der Waals surface area contributed by atoms with Gasteiger partial charge in [0.05, 0.1) is 16.8 Å². The molecule has 6 nitrogen and oxygen atoms in total. The van der Waals surface area contributed by atoms with Gasteiger partial charge in [-0.2, -0.15) is 5.10 Å². The number of aromatic nitrogens is 3. The minimum atomic E-state index is -0.494. The predicted octanol–water partition coefficient (Wildman–Crippen LogP) is 3.72. The standard InChI is InChI=1S/C21H17FN4O2/c1-12-5-3-4-6-17(12)24-21(28)16-11-23-20-18(19(16)27)13(2)25-26(20)15-9-7-14(22)8-10-15/h3-11H,1-2H3,(H,23,27)(H,24,28). The molecule has 0 unspecified atom stereocenters. The minimum absolute atomic E-state index is 0.00231. The third-order valence-electron chi connectivity index (χ3n) is 4.59. The van der Waals surface area contributed by atoms with Crippen LogP contribution in [-0.4, -0.2) is 20.7 Å². The first-order chi connectivity index (χ1) is 13.5. The molecule has 0 bridgehead atoms.